The molecule has 2 amide bonds. The summed E-state index contributed by atoms with van der Waals surface area (Å²) < 4.78 is 6.61. The van der Waals surface area contributed by atoms with Crippen LogP contribution in [0.1, 0.15) is 50.3 Å². The lowest BCUT2D eigenvalue weighted by Crippen LogP contribution is -2.49. The molecule has 1 N–H and O–H groups in total. The van der Waals surface area contributed by atoms with Crippen molar-refractivity contribution >= 4 is 27.7 Å². The lowest BCUT2D eigenvalue weighted by Gasteiger charge is -2.29. The van der Waals surface area contributed by atoms with Gasteiger partial charge in [-0.05, 0) is 65.9 Å². The van der Waals surface area contributed by atoms with Crippen LogP contribution in [-0.2, 0) is 22.6 Å². The normalized spacial score (nSPS) is 11.6. The first-order chi connectivity index (χ1) is 14.8. The Morgan fingerprint density at radius 2 is 1.90 bits per heavy atom. The molecule has 6 heteroatoms. The largest absolute Gasteiger partial charge is 0.483 e. The Kier molecular flexibility index (Phi) is 10.0. The summed E-state index contributed by atoms with van der Waals surface area (Å²) in [6.45, 7) is 8.76. The van der Waals surface area contributed by atoms with Gasteiger partial charge in [0.2, 0.25) is 5.91 Å². The maximum Gasteiger partial charge on any atom is 0.261 e. The average Bonchev–Trinajstić information content (AvgIpc) is 2.76. The van der Waals surface area contributed by atoms with E-state index in [2.05, 4.69) is 35.1 Å². The van der Waals surface area contributed by atoms with Crippen molar-refractivity contribution in [3.63, 3.8) is 0 Å². The van der Waals surface area contributed by atoms with Crippen molar-refractivity contribution < 1.29 is 14.3 Å². The molecule has 0 aromatic heterocycles. The van der Waals surface area contributed by atoms with Gasteiger partial charge >= 0.3 is 0 Å². The highest BCUT2D eigenvalue weighted by Crippen LogP contribution is 2.26. The highest BCUT2D eigenvalue weighted by atomic mass is 79.9. The van der Waals surface area contributed by atoms with E-state index in [1.54, 1.807) is 11.8 Å². The fraction of sp³-hybridized carbons (Fsp3) is 0.440. The SMILES string of the molecule is CCCCNC(=O)[C@H](C)N(Cc1cccc(C)c1)C(=O)COc1ccc(CC)cc1Br. The fourth-order valence-corrected chi connectivity index (χ4v) is 3.77. The first-order valence-electron chi connectivity index (χ1n) is 10.9. The average molecular weight is 489 g/mol. The molecule has 168 valence electrons. The molecule has 0 unspecified atom stereocenters. The number of benzene rings is 2. The molecule has 0 aliphatic heterocycles. The molecule has 0 heterocycles. The molecule has 0 saturated heterocycles. The summed E-state index contributed by atoms with van der Waals surface area (Å²) in [7, 11) is 0. The third kappa shape index (κ3) is 7.69. The van der Waals surface area contributed by atoms with E-state index in [1.165, 1.54) is 5.56 Å². The number of nitrogens with zero attached hydrogens (tertiary/aromatic N) is 1. The van der Waals surface area contributed by atoms with E-state index in [-0.39, 0.29) is 18.4 Å². The Hall–Kier alpha value is -2.34. The summed E-state index contributed by atoms with van der Waals surface area (Å²) in [6.07, 6.45) is 2.84. The second-order valence-electron chi connectivity index (χ2n) is 7.74. The molecule has 31 heavy (non-hydrogen) atoms. The van der Waals surface area contributed by atoms with Crippen molar-refractivity contribution in [1.82, 2.24) is 10.2 Å². The van der Waals surface area contributed by atoms with E-state index in [4.69, 9.17) is 4.74 Å². The third-order valence-corrected chi connectivity index (χ3v) is 5.81. The van der Waals surface area contributed by atoms with Crippen molar-refractivity contribution in [3.8, 4) is 5.75 Å². The Labute approximate surface area is 194 Å². The number of halogens is 1. The van der Waals surface area contributed by atoms with Crippen molar-refractivity contribution in [1.29, 1.82) is 0 Å². The van der Waals surface area contributed by atoms with E-state index in [1.807, 2.05) is 49.4 Å². The number of unbranched alkanes of at least 4 members (excludes halogenated alkanes) is 1. The van der Waals surface area contributed by atoms with Crippen LogP contribution in [0.5, 0.6) is 5.75 Å². The second kappa shape index (κ2) is 12.5. The molecule has 0 fully saturated rings. The third-order valence-electron chi connectivity index (χ3n) is 5.19. The maximum absolute atomic E-state index is 13.1. The van der Waals surface area contributed by atoms with Crippen molar-refractivity contribution in [2.24, 2.45) is 0 Å². The van der Waals surface area contributed by atoms with Crippen LogP contribution in [0.4, 0.5) is 0 Å². The summed E-state index contributed by atoms with van der Waals surface area (Å²) in [5.74, 6) is 0.232. The van der Waals surface area contributed by atoms with Gasteiger partial charge in [-0.15, -0.1) is 0 Å². The first kappa shape index (κ1) is 24.9. The van der Waals surface area contributed by atoms with Crippen molar-refractivity contribution in [2.75, 3.05) is 13.2 Å². The molecule has 2 aromatic rings. The predicted octanol–water partition coefficient (Wildman–Crippen LogP) is 5.03. The summed E-state index contributed by atoms with van der Waals surface area (Å²) in [4.78, 5) is 27.4. The van der Waals surface area contributed by atoms with Crippen LogP contribution in [0.15, 0.2) is 46.9 Å². The maximum atomic E-state index is 13.1. The van der Waals surface area contributed by atoms with E-state index in [9.17, 15) is 9.59 Å². The number of nitrogens with one attached hydrogen (secondary N) is 1. The summed E-state index contributed by atoms with van der Waals surface area (Å²) in [6, 6.07) is 13.2. The van der Waals surface area contributed by atoms with Gasteiger partial charge in [0.05, 0.1) is 4.47 Å². The second-order valence-corrected chi connectivity index (χ2v) is 8.59. The molecule has 2 aromatic carbocycles. The quantitative estimate of drug-likeness (QED) is 0.451. The number of hydrogen-bond donors (Lipinski definition) is 1. The van der Waals surface area contributed by atoms with Crippen LogP contribution in [-0.4, -0.2) is 35.9 Å². The summed E-state index contributed by atoms with van der Waals surface area (Å²) in [5, 5.41) is 2.93. The van der Waals surface area contributed by atoms with E-state index >= 15 is 0 Å². The minimum absolute atomic E-state index is 0.136. The standard InChI is InChI=1S/C25H33BrN2O3/c1-5-7-13-27-25(30)19(4)28(16-21-10-8-9-18(3)14-21)24(29)17-31-23-12-11-20(6-2)15-22(23)26/h8-12,14-15,19H,5-7,13,16-17H2,1-4H3,(H,27,30)/t19-/m0/s1. The smallest absolute Gasteiger partial charge is 0.261 e. The lowest BCUT2D eigenvalue weighted by atomic mass is 10.1. The van der Waals surface area contributed by atoms with Gasteiger partial charge in [0.25, 0.3) is 5.91 Å². The number of hydrogen-bond acceptors (Lipinski definition) is 3. The Bertz CT molecular complexity index is 885. The number of carbonyl (C=O) groups is 2. The fourth-order valence-electron chi connectivity index (χ4n) is 3.23. The van der Waals surface area contributed by atoms with Crippen LogP contribution < -0.4 is 10.1 Å². The lowest BCUT2D eigenvalue weighted by molar-refractivity contribution is -0.142. The highest BCUT2D eigenvalue weighted by molar-refractivity contribution is 9.10. The summed E-state index contributed by atoms with van der Waals surface area (Å²) >= 11 is 3.51. The number of ether oxygens (including phenoxy) is 1. The van der Waals surface area contributed by atoms with Gasteiger partial charge in [0.15, 0.2) is 6.61 Å². The topological polar surface area (TPSA) is 58.6 Å². The molecular formula is C25H33BrN2O3. The van der Waals surface area contributed by atoms with Gasteiger partial charge in [-0.3, -0.25) is 9.59 Å². The number of aryl methyl sites for hydroxylation is 2. The zero-order valence-corrected chi connectivity index (χ0v) is 20.5. The van der Waals surface area contributed by atoms with Crippen molar-refractivity contribution in [2.45, 2.75) is 59.5 Å². The molecule has 0 radical (unpaired) electrons. The predicted molar refractivity (Wildman–Crippen MR) is 128 cm³/mol. The van der Waals surface area contributed by atoms with Gasteiger partial charge in [-0.1, -0.05) is 56.2 Å². The first-order valence-corrected chi connectivity index (χ1v) is 11.7. The van der Waals surface area contributed by atoms with Gasteiger partial charge in [-0.25, -0.2) is 0 Å². The molecule has 5 nitrogen and oxygen atoms in total. The van der Waals surface area contributed by atoms with Gasteiger partial charge in [-0.2, -0.15) is 0 Å². The highest BCUT2D eigenvalue weighted by Gasteiger charge is 2.26. The molecule has 0 aliphatic carbocycles. The van der Waals surface area contributed by atoms with E-state index < -0.39 is 6.04 Å². The minimum Gasteiger partial charge on any atom is -0.483 e. The van der Waals surface area contributed by atoms with E-state index in [0.29, 0.717) is 18.8 Å². The number of amides is 2. The monoisotopic (exact) mass is 488 g/mol. The minimum atomic E-state index is -0.598. The van der Waals surface area contributed by atoms with Crippen LogP contribution in [0.25, 0.3) is 0 Å². The summed E-state index contributed by atoms with van der Waals surface area (Å²) in [5.41, 5.74) is 3.28. The van der Waals surface area contributed by atoms with Crippen molar-refractivity contribution in [3.05, 3.63) is 63.6 Å². The molecule has 0 aliphatic rings. The van der Waals surface area contributed by atoms with Crippen LogP contribution in [0, 0.1) is 6.92 Å². The van der Waals surface area contributed by atoms with Crippen LogP contribution in [0.3, 0.4) is 0 Å². The molecule has 2 rings (SSSR count). The van der Waals surface area contributed by atoms with E-state index in [0.717, 1.165) is 34.9 Å². The van der Waals surface area contributed by atoms with Gasteiger partial charge in [0, 0.05) is 13.1 Å². The number of rotatable bonds is 11. The zero-order chi connectivity index (χ0) is 22.8. The molecule has 0 spiro atoms. The molecule has 1 atom stereocenters. The molecule has 0 bridgehead atoms. The Morgan fingerprint density at radius 3 is 2.55 bits per heavy atom. The van der Waals surface area contributed by atoms with Gasteiger partial charge in [0.1, 0.15) is 11.8 Å². The molecular weight excluding hydrogens is 456 g/mol. The number of carbonyl (C=O) groups excluding carboxylic acids is 2. The Balaban J connectivity index is 2.13. The van der Waals surface area contributed by atoms with Crippen LogP contribution >= 0.6 is 15.9 Å². The van der Waals surface area contributed by atoms with Crippen LogP contribution in [0.2, 0.25) is 0 Å². The van der Waals surface area contributed by atoms with Gasteiger partial charge < -0.3 is 15.0 Å². The zero-order valence-electron chi connectivity index (χ0n) is 18.9. The Morgan fingerprint density at radius 1 is 1.13 bits per heavy atom. The molecule has 0 saturated carbocycles.